The predicted octanol–water partition coefficient (Wildman–Crippen LogP) is 3.39. The van der Waals surface area contributed by atoms with Crippen LogP contribution in [0.2, 0.25) is 0 Å². The zero-order valence-electron chi connectivity index (χ0n) is 9.65. The Hall–Kier alpha value is -0.450. The first kappa shape index (κ1) is 14.6. The van der Waals surface area contributed by atoms with Gasteiger partial charge < -0.3 is 15.6 Å². The van der Waals surface area contributed by atoms with Gasteiger partial charge in [-0.15, -0.1) is 12.4 Å². The third kappa shape index (κ3) is 3.27. The van der Waals surface area contributed by atoms with Crippen molar-refractivity contribution in [1.29, 1.82) is 0 Å². The van der Waals surface area contributed by atoms with Crippen LogP contribution in [0.15, 0.2) is 16.6 Å². The van der Waals surface area contributed by atoms with E-state index in [9.17, 15) is 5.11 Å². The van der Waals surface area contributed by atoms with E-state index in [1.807, 2.05) is 19.1 Å². The molecule has 2 rings (SSSR count). The van der Waals surface area contributed by atoms with Crippen molar-refractivity contribution in [1.82, 2.24) is 0 Å². The van der Waals surface area contributed by atoms with Crippen molar-refractivity contribution in [3.05, 3.63) is 22.2 Å². The minimum Gasteiger partial charge on any atom is -0.503 e. The Bertz CT molecular complexity index is 396. The molecule has 0 aromatic heterocycles. The highest BCUT2D eigenvalue weighted by Crippen LogP contribution is 2.43. The van der Waals surface area contributed by atoms with Gasteiger partial charge in [0.05, 0.1) is 11.1 Å². The van der Waals surface area contributed by atoms with Gasteiger partial charge in [-0.3, -0.25) is 0 Å². The van der Waals surface area contributed by atoms with Crippen LogP contribution in [0.3, 0.4) is 0 Å². The number of ether oxygens (including phenoxy) is 1. The maximum Gasteiger partial charge on any atom is 0.172 e. The van der Waals surface area contributed by atoms with Crippen molar-refractivity contribution in [3.63, 3.8) is 0 Å². The van der Waals surface area contributed by atoms with Gasteiger partial charge in [0.2, 0.25) is 0 Å². The molecule has 1 aliphatic rings. The lowest BCUT2D eigenvalue weighted by molar-refractivity contribution is 0.316. The van der Waals surface area contributed by atoms with E-state index in [1.54, 1.807) is 0 Å². The Balaban J connectivity index is 0.00000144. The second-order valence-electron chi connectivity index (χ2n) is 4.15. The van der Waals surface area contributed by atoms with E-state index in [2.05, 4.69) is 15.9 Å². The summed E-state index contributed by atoms with van der Waals surface area (Å²) in [6, 6.07) is 3.77. The maximum atomic E-state index is 9.78. The summed E-state index contributed by atoms with van der Waals surface area (Å²) in [5.74, 6) is 1.24. The van der Waals surface area contributed by atoms with Crippen LogP contribution in [0.5, 0.6) is 11.5 Å². The maximum absolute atomic E-state index is 9.78. The van der Waals surface area contributed by atoms with E-state index in [4.69, 9.17) is 10.5 Å². The van der Waals surface area contributed by atoms with Crippen molar-refractivity contribution in [2.45, 2.75) is 25.8 Å². The monoisotopic (exact) mass is 321 g/mol. The average molecular weight is 323 g/mol. The molecule has 0 aliphatic heterocycles. The molecule has 0 bridgehead atoms. The van der Waals surface area contributed by atoms with Crippen LogP contribution in [0, 0.1) is 5.92 Å². The van der Waals surface area contributed by atoms with Gasteiger partial charge in [0.1, 0.15) is 0 Å². The summed E-state index contributed by atoms with van der Waals surface area (Å²) in [5, 5.41) is 9.78. The number of phenolic OH excluding ortho intramolecular Hbond substituents is 1. The molecule has 96 valence electrons. The normalized spacial score (nSPS) is 16.2. The average Bonchev–Trinajstić information content (AvgIpc) is 3.07. The van der Waals surface area contributed by atoms with E-state index in [0.29, 0.717) is 22.7 Å². The Labute approximate surface area is 116 Å². The molecule has 17 heavy (non-hydrogen) atoms. The number of hydrogen-bond acceptors (Lipinski definition) is 3. The molecule has 0 spiro atoms. The first-order valence-corrected chi connectivity index (χ1v) is 6.33. The number of rotatable bonds is 4. The van der Waals surface area contributed by atoms with Crippen molar-refractivity contribution in [3.8, 4) is 11.5 Å². The molecule has 0 heterocycles. The van der Waals surface area contributed by atoms with Crippen LogP contribution in [0.25, 0.3) is 0 Å². The van der Waals surface area contributed by atoms with Gasteiger partial charge in [-0.2, -0.15) is 0 Å². The molecule has 1 aliphatic carbocycles. The fourth-order valence-corrected chi connectivity index (χ4v) is 2.24. The third-order valence-electron chi connectivity index (χ3n) is 2.87. The van der Waals surface area contributed by atoms with Crippen LogP contribution < -0.4 is 10.5 Å². The fraction of sp³-hybridized carbons (Fsp3) is 0.500. The topological polar surface area (TPSA) is 55.5 Å². The van der Waals surface area contributed by atoms with Crippen LogP contribution in [0.1, 0.15) is 31.4 Å². The van der Waals surface area contributed by atoms with E-state index in [1.165, 1.54) is 12.8 Å². The Morgan fingerprint density at radius 2 is 2.18 bits per heavy atom. The number of hydrogen-bond donors (Lipinski definition) is 2. The quantitative estimate of drug-likeness (QED) is 0.893. The molecule has 1 aromatic rings. The first-order chi connectivity index (χ1) is 7.63. The molecule has 5 heteroatoms. The van der Waals surface area contributed by atoms with Gasteiger partial charge in [0.15, 0.2) is 11.5 Å². The SMILES string of the molecule is CCOc1cc([C@@H](N)C2CC2)cc(Br)c1O.Cl. The highest BCUT2D eigenvalue weighted by atomic mass is 79.9. The molecule has 0 unspecified atom stereocenters. The van der Waals surface area contributed by atoms with E-state index < -0.39 is 0 Å². The summed E-state index contributed by atoms with van der Waals surface area (Å²) in [5.41, 5.74) is 7.15. The van der Waals surface area contributed by atoms with Crippen molar-refractivity contribution in [2.24, 2.45) is 11.7 Å². The second-order valence-corrected chi connectivity index (χ2v) is 5.00. The van der Waals surface area contributed by atoms with Crippen molar-refractivity contribution < 1.29 is 9.84 Å². The highest BCUT2D eigenvalue weighted by Gasteiger charge is 2.30. The predicted molar refractivity (Wildman–Crippen MR) is 73.9 cm³/mol. The summed E-state index contributed by atoms with van der Waals surface area (Å²) in [7, 11) is 0. The highest BCUT2D eigenvalue weighted by molar-refractivity contribution is 9.10. The van der Waals surface area contributed by atoms with Crippen molar-refractivity contribution in [2.75, 3.05) is 6.61 Å². The standard InChI is InChI=1S/C12H16BrNO2.ClH/c1-2-16-10-6-8(5-9(13)12(10)15)11(14)7-3-4-7;/h5-7,11,15H,2-4,14H2,1H3;1H/t11-;/m0./s1. The molecule has 1 saturated carbocycles. The third-order valence-corrected chi connectivity index (χ3v) is 3.47. The lowest BCUT2D eigenvalue weighted by Gasteiger charge is -2.15. The smallest absolute Gasteiger partial charge is 0.172 e. The van der Waals surface area contributed by atoms with Crippen LogP contribution >= 0.6 is 28.3 Å². The largest absolute Gasteiger partial charge is 0.503 e. The zero-order valence-corrected chi connectivity index (χ0v) is 12.1. The zero-order chi connectivity index (χ0) is 11.7. The lowest BCUT2D eigenvalue weighted by Crippen LogP contribution is -2.12. The number of nitrogens with two attached hydrogens (primary N) is 1. The number of aromatic hydroxyl groups is 1. The Morgan fingerprint density at radius 3 is 2.71 bits per heavy atom. The van der Waals surface area contributed by atoms with E-state index in [0.717, 1.165) is 5.56 Å². The molecule has 0 amide bonds. The van der Waals surface area contributed by atoms with Crippen LogP contribution in [-0.4, -0.2) is 11.7 Å². The van der Waals surface area contributed by atoms with E-state index >= 15 is 0 Å². The van der Waals surface area contributed by atoms with Gasteiger partial charge in [0, 0.05) is 6.04 Å². The molecule has 1 fully saturated rings. The fourth-order valence-electron chi connectivity index (χ4n) is 1.78. The van der Waals surface area contributed by atoms with Gasteiger partial charge in [0.25, 0.3) is 0 Å². The number of benzene rings is 1. The summed E-state index contributed by atoms with van der Waals surface area (Å²) in [6.45, 7) is 2.42. The summed E-state index contributed by atoms with van der Waals surface area (Å²) < 4.78 is 6.02. The summed E-state index contributed by atoms with van der Waals surface area (Å²) in [4.78, 5) is 0. The molecular weight excluding hydrogens is 305 g/mol. The van der Waals surface area contributed by atoms with Crippen LogP contribution in [-0.2, 0) is 0 Å². The molecule has 1 aromatic carbocycles. The first-order valence-electron chi connectivity index (χ1n) is 5.54. The number of halogens is 2. The number of phenols is 1. The Morgan fingerprint density at radius 1 is 1.53 bits per heavy atom. The molecule has 0 saturated heterocycles. The molecular formula is C12H17BrClNO2. The molecule has 3 N–H and O–H groups in total. The van der Waals surface area contributed by atoms with Gasteiger partial charge in [-0.1, -0.05) is 0 Å². The minimum atomic E-state index is 0. The molecule has 0 radical (unpaired) electrons. The van der Waals surface area contributed by atoms with Gasteiger partial charge in [-0.25, -0.2) is 0 Å². The van der Waals surface area contributed by atoms with Gasteiger partial charge >= 0.3 is 0 Å². The Kier molecular flexibility index (Phi) is 5.10. The summed E-state index contributed by atoms with van der Waals surface area (Å²) in [6.07, 6.45) is 2.40. The minimum absolute atomic E-state index is 0. The van der Waals surface area contributed by atoms with Crippen LogP contribution in [0.4, 0.5) is 0 Å². The summed E-state index contributed by atoms with van der Waals surface area (Å²) >= 11 is 3.32. The lowest BCUT2D eigenvalue weighted by atomic mass is 10.0. The van der Waals surface area contributed by atoms with Crippen molar-refractivity contribution >= 4 is 28.3 Å². The second kappa shape index (κ2) is 5.94. The molecule has 1 atom stereocenters. The van der Waals surface area contributed by atoms with Gasteiger partial charge in [-0.05, 0) is 59.3 Å². The van der Waals surface area contributed by atoms with E-state index in [-0.39, 0.29) is 24.2 Å². The molecule has 3 nitrogen and oxygen atoms in total.